The van der Waals surface area contributed by atoms with Gasteiger partial charge in [0.1, 0.15) is 0 Å². The molecule has 6 heteroatoms. The van der Waals surface area contributed by atoms with Crippen LogP contribution in [0.2, 0.25) is 0 Å². The zero-order valence-corrected chi connectivity index (χ0v) is 13.8. The molecule has 0 amide bonds. The minimum atomic E-state index is -0.175. The van der Waals surface area contributed by atoms with Gasteiger partial charge in [0.2, 0.25) is 0 Å². The van der Waals surface area contributed by atoms with E-state index in [0.717, 1.165) is 47.7 Å². The molecule has 0 atom stereocenters. The third-order valence-corrected chi connectivity index (χ3v) is 5.74. The number of ether oxygens (including phenoxy) is 1. The average molecular weight is 347 g/mol. The molecule has 0 unspecified atom stereocenters. The lowest BCUT2D eigenvalue weighted by atomic mass is 9.82. The second-order valence-electron chi connectivity index (χ2n) is 5.24. The number of aromatic nitrogens is 2. The minimum absolute atomic E-state index is 0.0341. The Bertz CT molecular complexity index is 524. The number of hydrogen-bond donors (Lipinski definition) is 1. The first-order valence-corrected chi connectivity index (χ1v) is 7.84. The highest BCUT2D eigenvalue weighted by atomic mass is 79.9. The van der Waals surface area contributed by atoms with Crippen LogP contribution < -0.4 is 5.69 Å². The Balaban J connectivity index is 2.37. The van der Waals surface area contributed by atoms with Gasteiger partial charge in [-0.3, -0.25) is 4.57 Å². The van der Waals surface area contributed by atoms with Gasteiger partial charge in [0, 0.05) is 30.9 Å². The molecular formula is C13H19BrN2O2S. The van der Waals surface area contributed by atoms with E-state index in [1.54, 1.807) is 4.57 Å². The highest BCUT2D eigenvalue weighted by Gasteiger charge is 2.32. The Morgan fingerprint density at radius 2 is 2.05 bits per heavy atom. The van der Waals surface area contributed by atoms with Crippen LogP contribution in [0.4, 0.5) is 0 Å². The third kappa shape index (κ3) is 3.06. The maximum absolute atomic E-state index is 12.1. The van der Waals surface area contributed by atoms with E-state index in [9.17, 15) is 4.79 Å². The molecule has 1 aliphatic rings. The molecule has 0 N–H and O–H groups in total. The van der Waals surface area contributed by atoms with Gasteiger partial charge in [-0.25, -0.2) is 4.79 Å². The predicted octanol–water partition coefficient (Wildman–Crippen LogP) is 2.35. The molecule has 19 heavy (non-hydrogen) atoms. The average Bonchev–Trinajstić information content (AvgIpc) is 2.42. The second kappa shape index (κ2) is 5.97. The molecule has 0 aromatic carbocycles. The Kier molecular flexibility index (Phi) is 4.74. The van der Waals surface area contributed by atoms with Gasteiger partial charge >= 0.3 is 5.69 Å². The van der Waals surface area contributed by atoms with Gasteiger partial charge in [0.15, 0.2) is 0 Å². The summed E-state index contributed by atoms with van der Waals surface area (Å²) in [5, 5.41) is 0. The maximum atomic E-state index is 12.1. The van der Waals surface area contributed by atoms with Crippen LogP contribution in [0, 0.1) is 19.3 Å². The maximum Gasteiger partial charge on any atom is 0.348 e. The molecule has 0 radical (unpaired) electrons. The first kappa shape index (κ1) is 15.1. The Morgan fingerprint density at radius 1 is 1.42 bits per heavy atom. The summed E-state index contributed by atoms with van der Waals surface area (Å²) in [6, 6.07) is 0. The van der Waals surface area contributed by atoms with Crippen molar-refractivity contribution >= 4 is 28.6 Å². The molecule has 106 valence electrons. The van der Waals surface area contributed by atoms with Gasteiger partial charge < -0.3 is 4.74 Å². The second-order valence-corrected chi connectivity index (χ2v) is 6.35. The lowest BCUT2D eigenvalue weighted by Gasteiger charge is -2.36. The molecule has 2 heterocycles. The van der Waals surface area contributed by atoms with E-state index in [1.807, 2.05) is 13.8 Å². The monoisotopic (exact) mass is 346 g/mol. The lowest BCUT2D eigenvalue weighted by Crippen LogP contribution is -2.40. The van der Waals surface area contributed by atoms with Crippen LogP contribution in [0.1, 0.15) is 24.2 Å². The van der Waals surface area contributed by atoms with Crippen LogP contribution in [0.25, 0.3) is 0 Å². The van der Waals surface area contributed by atoms with Crippen LogP contribution in [0.3, 0.4) is 0 Å². The molecular weight excluding hydrogens is 328 g/mol. The molecule has 1 fully saturated rings. The number of nitrogens with zero attached hydrogens (tertiary/aromatic N) is 2. The highest BCUT2D eigenvalue weighted by molar-refractivity contribution is 9.10. The Labute approximate surface area is 127 Å². The summed E-state index contributed by atoms with van der Waals surface area (Å²) in [6.07, 6.45) is 1.88. The van der Waals surface area contributed by atoms with Gasteiger partial charge in [-0.05, 0) is 48.4 Å². The molecule has 0 saturated carbocycles. The SMILES string of the molecule is Cc1nc(=O)n(CC2(CS)CCOCC2)c(C)c1Br. The zero-order chi connectivity index (χ0) is 14.0. The molecule has 4 nitrogen and oxygen atoms in total. The van der Waals surface area contributed by atoms with E-state index in [4.69, 9.17) is 4.74 Å². The molecule has 1 aromatic heterocycles. The van der Waals surface area contributed by atoms with Crippen molar-refractivity contribution in [3.05, 3.63) is 26.3 Å². The van der Waals surface area contributed by atoms with E-state index < -0.39 is 0 Å². The number of thiol groups is 1. The summed E-state index contributed by atoms with van der Waals surface area (Å²) in [5.74, 6) is 0.758. The fourth-order valence-electron chi connectivity index (χ4n) is 2.47. The van der Waals surface area contributed by atoms with Crippen molar-refractivity contribution in [2.24, 2.45) is 5.41 Å². The van der Waals surface area contributed by atoms with E-state index in [0.29, 0.717) is 6.54 Å². The molecule has 2 rings (SSSR count). The summed E-state index contributed by atoms with van der Waals surface area (Å²) < 4.78 is 8.09. The van der Waals surface area contributed by atoms with Gasteiger partial charge in [-0.15, -0.1) is 0 Å². The molecule has 1 aromatic rings. The van der Waals surface area contributed by atoms with E-state index in [2.05, 4.69) is 33.5 Å². The normalized spacial score (nSPS) is 18.5. The van der Waals surface area contributed by atoms with Crippen LogP contribution in [-0.4, -0.2) is 28.5 Å². The highest BCUT2D eigenvalue weighted by Crippen LogP contribution is 2.34. The largest absolute Gasteiger partial charge is 0.381 e. The zero-order valence-electron chi connectivity index (χ0n) is 11.3. The number of halogens is 1. The Hall–Kier alpha value is -0.330. The van der Waals surface area contributed by atoms with Crippen molar-refractivity contribution in [1.29, 1.82) is 0 Å². The van der Waals surface area contributed by atoms with Crippen molar-refractivity contribution in [2.45, 2.75) is 33.2 Å². The molecule has 0 bridgehead atoms. The van der Waals surface area contributed by atoms with E-state index in [-0.39, 0.29) is 11.1 Å². The molecule has 1 aliphatic heterocycles. The topological polar surface area (TPSA) is 44.1 Å². The van der Waals surface area contributed by atoms with Gasteiger partial charge in [0.05, 0.1) is 10.2 Å². The molecule has 0 spiro atoms. The smallest absolute Gasteiger partial charge is 0.348 e. The van der Waals surface area contributed by atoms with Crippen molar-refractivity contribution < 1.29 is 4.74 Å². The summed E-state index contributed by atoms with van der Waals surface area (Å²) in [7, 11) is 0. The molecule has 1 saturated heterocycles. The van der Waals surface area contributed by atoms with Gasteiger partial charge in [-0.1, -0.05) is 0 Å². The fraction of sp³-hybridized carbons (Fsp3) is 0.692. The van der Waals surface area contributed by atoms with Crippen LogP contribution in [0.15, 0.2) is 9.27 Å². The number of rotatable bonds is 3. The van der Waals surface area contributed by atoms with Gasteiger partial charge in [0.25, 0.3) is 0 Å². The van der Waals surface area contributed by atoms with E-state index >= 15 is 0 Å². The van der Waals surface area contributed by atoms with Gasteiger partial charge in [-0.2, -0.15) is 17.6 Å². The van der Waals surface area contributed by atoms with Crippen molar-refractivity contribution in [1.82, 2.24) is 9.55 Å². The van der Waals surface area contributed by atoms with Crippen LogP contribution in [0.5, 0.6) is 0 Å². The van der Waals surface area contributed by atoms with Crippen molar-refractivity contribution in [2.75, 3.05) is 19.0 Å². The summed E-state index contributed by atoms with van der Waals surface area (Å²) in [4.78, 5) is 16.2. The van der Waals surface area contributed by atoms with Crippen LogP contribution in [-0.2, 0) is 11.3 Å². The first-order chi connectivity index (χ1) is 8.99. The standard InChI is InChI=1S/C13H19BrN2O2S/c1-9-11(14)10(2)16(12(17)15-9)7-13(8-19)3-5-18-6-4-13/h19H,3-8H2,1-2H3. The van der Waals surface area contributed by atoms with E-state index in [1.165, 1.54) is 0 Å². The lowest BCUT2D eigenvalue weighted by molar-refractivity contribution is 0.0172. The quantitative estimate of drug-likeness (QED) is 0.854. The minimum Gasteiger partial charge on any atom is -0.381 e. The summed E-state index contributed by atoms with van der Waals surface area (Å²) in [5.41, 5.74) is 1.54. The fourth-order valence-corrected chi connectivity index (χ4v) is 3.19. The van der Waals surface area contributed by atoms with Crippen molar-refractivity contribution in [3.63, 3.8) is 0 Å². The van der Waals surface area contributed by atoms with Crippen LogP contribution >= 0.6 is 28.6 Å². The molecule has 0 aliphatic carbocycles. The third-order valence-electron chi connectivity index (χ3n) is 3.92. The number of hydrogen-bond acceptors (Lipinski definition) is 4. The summed E-state index contributed by atoms with van der Waals surface area (Å²) in [6.45, 7) is 5.94. The van der Waals surface area contributed by atoms with Crippen molar-refractivity contribution in [3.8, 4) is 0 Å². The summed E-state index contributed by atoms with van der Waals surface area (Å²) >= 11 is 7.99. The first-order valence-electron chi connectivity index (χ1n) is 6.41. The predicted molar refractivity (Wildman–Crippen MR) is 82.0 cm³/mol. The number of aryl methyl sites for hydroxylation is 1. The Morgan fingerprint density at radius 3 is 2.63 bits per heavy atom.